The van der Waals surface area contributed by atoms with Crippen LogP contribution in [0.1, 0.15) is 30.0 Å². The predicted molar refractivity (Wildman–Crippen MR) is 87.3 cm³/mol. The van der Waals surface area contributed by atoms with Gasteiger partial charge in [0.05, 0.1) is 0 Å². The molecule has 2 heterocycles. The first kappa shape index (κ1) is 16.4. The van der Waals surface area contributed by atoms with Gasteiger partial charge in [0.25, 0.3) is 0 Å². The van der Waals surface area contributed by atoms with Crippen LogP contribution in [-0.4, -0.2) is 11.8 Å². The molecular formula is C17H14ClF3OS. The number of ether oxygens (including phenoxy) is 1. The van der Waals surface area contributed by atoms with Crippen molar-refractivity contribution in [1.82, 2.24) is 0 Å². The Morgan fingerprint density at radius 3 is 2.70 bits per heavy atom. The fourth-order valence-corrected chi connectivity index (χ4v) is 3.48. The summed E-state index contributed by atoms with van der Waals surface area (Å²) in [7, 11) is 0. The summed E-state index contributed by atoms with van der Waals surface area (Å²) in [6, 6.07) is 5.24. The maximum absolute atomic E-state index is 13.4. The standard InChI is InChI=1S/C17H14ClF3OS/c1-2-16(17(19,20)21)5-3-12-8-14(18)13(9-15(12)22-16)7-11-4-6-23-10-11/h3-6,8-10H,2,7H2,1H3. The number of thiophene rings is 1. The molecule has 0 amide bonds. The van der Waals surface area contributed by atoms with Gasteiger partial charge in [0, 0.05) is 10.6 Å². The van der Waals surface area contributed by atoms with Crippen molar-refractivity contribution < 1.29 is 17.9 Å². The monoisotopic (exact) mass is 358 g/mol. The first-order valence-corrected chi connectivity index (χ1v) is 8.45. The minimum absolute atomic E-state index is 0.186. The van der Waals surface area contributed by atoms with Crippen molar-refractivity contribution >= 4 is 29.0 Å². The van der Waals surface area contributed by atoms with E-state index in [0.717, 1.165) is 17.2 Å². The molecule has 1 atom stereocenters. The summed E-state index contributed by atoms with van der Waals surface area (Å²) in [5.74, 6) is 0.223. The molecule has 1 unspecified atom stereocenters. The lowest BCUT2D eigenvalue weighted by Gasteiger charge is -2.36. The van der Waals surface area contributed by atoms with Crippen LogP contribution >= 0.6 is 22.9 Å². The van der Waals surface area contributed by atoms with Crippen LogP contribution in [0.4, 0.5) is 13.2 Å². The van der Waals surface area contributed by atoms with Crippen LogP contribution in [-0.2, 0) is 6.42 Å². The Labute approximate surface area is 141 Å². The maximum atomic E-state index is 13.4. The SMILES string of the molecule is CCC1(C(F)(F)F)C=Cc2cc(Cl)c(Cc3ccsc3)cc2O1. The lowest BCUT2D eigenvalue weighted by Crippen LogP contribution is -2.49. The second kappa shape index (κ2) is 5.87. The normalized spacial score (nSPS) is 20.2. The van der Waals surface area contributed by atoms with Crippen LogP contribution in [0.15, 0.2) is 35.0 Å². The predicted octanol–water partition coefficient (Wildman–Crippen LogP) is 6.11. The van der Waals surface area contributed by atoms with Crippen molar-refractivity contribution in [2.75, 3.05) is 0 Å². The Balaban J connectivity index is 1.99. The Bertz CT molecular complexity index is 737. The summed E-state index contributed by atoms with van der Waals surface area (Å²) >= 11 is 7.83. The van der Waals surface area contributed by atoms with Gasteiger partial charge in [-0.15, -0.1) is 0 Å². The van der Waals surface area contributed by atoms with Crippen molar-refractivity contribution in [3.8, 4) is 5.75 Å². The van der Waals surface area contributed by atoms with Crippen molar-refractivity contribution in [3.05, 3.63) is 56.7 Å². The lowest BCUT2D eigenvalue weighted by molar-refractivity contribution is -0.230. The first-order valence-electron chi connectivity index (χ1n) is 7.13. The quantitative estimate of drug-likeness (QED) is 0.643. The number of alkyl halides is 3. The molecule has 0 N–H and O–H groups in total. The highest BCUT2D eigenvalue weighted by Crippen LogP contribution is 2.44. The molecule has 0 fully saturated rings. The third-order valence-corrected chi connectivity index (χ3v) is 5.07. The molecule has 2 aromatic rings. The van der Waals surface area contributed by atoms with Gasteiger partial charge in [-0.3, -0.25) is 0 Å². The van der Waals surface area contributed by atoms with E-state index in [2.05, 4.69) is 0 Å². The average Bonchev–Trinajstić information content (AvgIpc) is 2.99. The molecule has 0 spiro atoms. The van der Waals surface area contributed by atoms with Gasteiger partial charge in [-0.05, 0) is 59.0 Å². The average molecular weight is 359 g/mol. The minimum atomic E-state index is -4.47. The first-order chi connectivity index (χ1) is 10.8. The zero-order valence-corrected chi connectivity index (χ0v) is 13.9. The summed E-state index contributed by atoms with van der Waals surface area (Å²) in [5.41, 5.74) is 0.123. The van der Waals surface area contributed by atoms with Crippen molar-refractivity contribution in [2.45, 2.75) is 31.5 Å². The highest BCUT2D eigenvalue weighted by atomic mass is 35.5. The molecule has 1 nitrogen and oxygen atoms in total. The lowest BCUT2D eigenvalue weighted by atomic mass is 9.93. The van der Waals surface area contributed by atoms with Gasteiger partial charge in [-0.1, -0.05) is 24.6 Å². The molecule has 6 heteroatoms. The minimum Gasteiger partial charge on any atom is -0.473 e. The van der Waals surface area contributed by atoms with Gasteiger partial charge in [-0.25, -0.2) is 0 Å². The molecule has 1 aliphatic heterocycles. The third kappa shape index (κ3) is 3.00. The van der Waals surface area contributed by atoms with Gasteiger partial charge >= 0.3 is 6.18 Å². The van der Waals surface area contributed by atoms with Crippen LogP contribution in [0.25, 0.3) is 6.08 Å². The molecule has 0 saturated carbocycles. The van der Waals surface area contributed by atoms with Crippen LogP contribution in [0.5, 0.6) is 5.75 Å². The van der Waals surface area contributed by atoms with E-state index in [0.29, 0.717) is 17.0 Å². The van der Waals surface area contributed by atoms with E-state index in [1.54, 1.807) is 23.5 Å². The number of fused-ring (bicyclic) bond motifs is 1. The zero-order valence-electron chi connectivity index (χ0n) is 12.3. The van der Waals surface area contributed by atoms with Crippen LogP contribution in [0.2, 0.25) is 5.02 Å². The summed E-state index contributed by atoms with van der Waals surface area (Å²) in [4.78, 5) is 0. The van der Waals surface area contributed by atoms with E-state index < -0.39 is 11.8 Å². The van der Waals surface area contributed by atoms with Crippen molar-refractivity contribution in [2.24, 2.45) is 0 Å². The van der Waals surface area contributed by atoms with E-state index in [-0.39, 0.29) is 12.2 Å². The van der Waals surface area contributed by atoms with E-state index in [1.165, 1.54) is 13.0 Å². The van der Waals surface area contributed by atoms with E-state index >= 15 is 0 Å². The van der Waals surface area contributed by atoms with Gasteiger partial charge < -0.3 is 4.74 Å². The van der Waals surface area contributed by atoms with Gasteiger partial charge in [-0.2, -0.15) is 24.5 Å². The van der Waals surface area contributed by atoms with Crippen molar-refractivity contribution in [1.29, 1.82) is 0 Å². The number of rotatable bonds is 3. The number of hydrogen-bond acceptors (Lipinski definition) is 2. The molecule has 1 aliphatic rings. The maximum Gasteiger partial charge on any atom is 0.432 e. The third-order valence-electron chi connectivity index (χ3n) is 3.98. The van der Waals surface area contributed by atoms with Crippen molar-refractivity contribution in [3.63, 3.8) is 0 Å². The number of hydrogen-bond donors (Lipinski definition) is 0. The summed E-state index contributed by atoms with van der Waals surface area (Å²) < 4.78 is 45.5. The molecule has 0 saturated heterocycles. The molecule has 1 aromatic heterocycles. The smallest absolute Gasteiger partial charge is 0.432 e. The Morgan fingerprint density at radius 2 is 2.09 bits per heavy atom. The Hall–Kier alpha value is -1.46. The molecule has 0 radical (unpaired) electrons. The van der Waals surface area contributed by atoms with Gasteiger partial charge in [0.1, 0.15) is 5.75 Å². The van der Waals surface area contributed by atoms with E-state index in [4.69, 9.17) is 16.3 Å². The number of benzene rings is 1. The second-order valence-corrected chi connectivity index (χ2v) is 6.65. The van der Waals surface area contributed by atoms with Crippen LogP contribution in [0, 0.1) is 0 Å². The fraction of sp³-hybridized carbons (Fsp3) is 0.294. The molecular weight excluding hydrogens is 345 g/mol. The Kier molecular flexibility index (Phi) is 4.19. The van der Waals surface area contributed by atoms with Gasteiger partial charge in [0.2, 0.25) is 5.60 Å². The second-order valence-electron chi connectivity index (χ2n) is 5.47. The van der Waals surface area contributed by atoms with Crippen LogP contribution < -0.4 is 4.74 Å². The Morgan fingerprint density at radius 1 is 1.30 bits per heavy atom. The highest BCUT2D eigenvalue weighted by Gasteiger charge is 2.55. The zero-order chi connectivity index (χ0) is 16.7. The fourth-order valence-electron chi connectivity index (χ4n) is 2.58. The molecule has 122 valence electrons. The molecule has 23 heavy (non-hydrogen) atoms. The van der Waals surface area contributed by atoms with E-state index in [9.17, 15) is 13.2 Å². The summed E-state index contributed by atoms with van der Waals surface area (Å²) in [6.45, 7) is 1.46. The largest absolute Gasteiger partial charge is 0.473 e. The summed E-state index contributed by atoms with van der Waals surface area (Å²) in [6.07, 6.45) is -1.58. The molecule has 3 rings (SSSR count). The van der Waals surface area contributed by atoms with Crippen LogP contribution in [0.3, 0.4) is 0 Å². The molecule has 1 aromatic carbocycles. The van der Waals surface area contributed by atoms with E-state index in [1.807, 2.05) is 16.8 Å². The molecule has 0 aliphatic carbocycles. The number of halogens is 4. The summed E-state index contributed by atoms with van der Waals surface area (Å²) in [5, 5.41) is 4.47. The van der Waals surface area contributed by atoms with Gasteiger partial charge in [0.15, 0.2) is 0 Å². The molecule has 0 bridgehead atoms. The topological polar surface area (TPSA) is 9.23 Å². The highest BCUT2D eigenvalue weighted by molar-refractivity contribution is 7.07.